The molecule has 20 nitrogen and oxygen atoms in total. The highest BCUT2D eigenvalue weighted by Gasteiger charge is 2.53. The lowest BCUT2D eigenvalue weighted by atomic mass is 9.79. The number of aryl methyl sites for hydroxylation is 1. The van der Waals surface area contributed by atoms with Crippen LogP contribution in [0.5, 0.6) is 17.2 Å². The molecule has 3 aromatic heterocycles. The minimum Gasteiger partial charge on any atom is -0.490 e. The van der Waals surface area contributed by atoms with Gasteiger partial charge in [-0.15, -0.1) is 0 Å². The Labute approximate surface area is 615 Å². The van der Waals surface area contributed by atoms with E-state index in [-0.39, 0.29) is 65.5 Å². The Bertz CT molecular complexity index is 4500. The normalized spacial score (nSPS) is 19.0. The maximum Gasteiger partial charge on any atom is 0.456 e. The second-order valence-corrected chi connectivity index (χ2v) is 32.0. The third kappa shape index (κ3) is 15.9. The molecule has 3 saturated heterocycles. The van der Waals surface area contributed by atoms with Crippen LogP contribution in [0.4, 0.5) is 43.9 Å². The largest absolute Gasteiger partial charge is 0.490 e. The topological polar surface area (TPSA) is 207 Å². The fraction of sp³-hybridized carbons (Fsp3) is 0.526. The molecule has 582 valence electrons. The summed E-state index contributed by atoms with van der Waals surface area (Å²) in [6.07, 6.45) is -9.66. The highest BCUT2D eigenvalue weighted by atomic mass is 32.2. The number of nitrogens with zero attached hydrogens (tertiary/aromatic N) is 8. The van der Waals surface area contributed by atoms with Crippen LogP contribution in [0.1, 0.15) is 180 Å². The van der Waals surface area contributed by atoms with Crippen LogP contribution in [0, 0.1) is 18.7 Å². The van der Waals surface area contributed by atoms with Crippen LogP contribution in [0.2, 0.25) is 0 Å². The maximum absolute atomic E-state index is 14.5. The molecule has 1 N–H and O–H groups in total. The third-order valence-corrected chi connectivity index (χ3v) is 24.2. The number of amides is 3. The van der Waals surface area contributed by atoms with Crippen LogP contribution >= 0.6 is 0 Å². The smallest absolute Gasteiger partial charge is 0.456 e. The fourth-order valence-corrected chi connectivity index (χ4v) is 17.3. The quantitative estimate of drug-likeness (QED) is 0.0750. The second kappa shape index (κ2) is 30.1. The van der Waals surface area contributed by atoms with Crippen LogP contribution in [0.3, 0.4) is 0 Å². The molecule has 1 saturated carbocycles. The number of nitrogens with one attached hydrogen (secondary N) is 1. The summed E-state index contributed by atoms with van der Waals surface area (Å²) in [6.45, 7) is 17.9. The number of fused-ring (bicyclic) bond motifs is 6. The maximum atomic E-state index is 14.5. The molecule has 3 aromatic carbocycles. The van der Waals surface area contributed by atoms with Crippen molar-refractivity contribution >= 4 is 44.9 Å². The molecule has 9 heterocycles. The van der Waals surface area contributed by atoms with Gasteiger partial charge in [0.2, 0.25) is 0 Å². The summed E-state index contributed by atoms with van der Waals surface area (Å²) in [5.74, 6) is -5.06. The van der Waals surface area contributed by atoms with Crippen molar-refractivity contribution in [2.75, 3.05) is 86.3 Å². The summed E-state index contributed by atoms with van der Waals surface area (Å²) >= 11 is 0. The number of halogens is 10. The number of benzene rings is 3. The Balaban J connectivity index is 0.000000172. The Kier molecular flexibility index (Phi) is 22.4. The minimum absolute atomic E-state index is 0. The van der Waals surface area contributed by atoms with Gasteiger partial charge in [-0.1, -0.05) is 0 Å². The van der Waals surface area contributed by atoms with Crippen molar-refractivity contribution < 1.29 is 96.7 Å². The number of aromatic nitrogens is 3. The van der Waals surface area contributed by atoms with Gasteiger partial charge in [-0.2, -0.15) is 39.5 Å². The van der Waals surface area contributed by atoms with Gasteiger partial charge in [-0.3, -0.25) is 43.9 Å². The summed E-state index contributed by atoms with van der Waals surface area (Å²) < 4.78 is 179. The van der Waals surface area contributed by atoms with Crippen LogP contribution in [-0.2, 0) is 46.1 Å². The number of sulfone groups is 1. The highest BCUT2D eigenvalue weighted by Crippen LogP contribution is 2.46. The number of ketones is 3. The van der Waals surface area contributed by atoms with Crippen molar-refractivity contribution in [3.63, 3.8) is 0 Å². The van der Waals surface area contributed by atoms with Crippen molar-refractivity contribution in [1.29, 1.82) is 0 Å². The molecular formula is C76H91F10N9O11S. The van der Waals surface area contributed by atoms with E-state index in [1.807, 2.05) is 41.8 Å². The van der Waals surface area contributed by atoms with Crippen molar-refractivity contribution in [3.8, 4) is 17.2 Å². The lowest BCUT2D eigenvalue weighted by molar-refractivity contribution is -0.0895. The molecule has 31 heteroatoms. The number of likely N-dealkylation sites (N-methyl/N-ethyl adjacent to an activating group) is 2. The van der Waals surface area contributed by atoms with E-state index in [2.05, 4.69) is 15.1 Å². The average molecular weight is 1530 g/mol. The third-order valence-electron chi connectivity index (χ3n) is 21.9. The van der Waals surface area contributed by atoms with E-state index < -0.39 is 78.9 Å². The first-order valence-electron chi connectivity index (χ1n) is 35.9. The van der Waals surface area contributed by atoms with Crippen LogP contribution < -0.4 is 19.5 Å². The molecule has 0 bridgehead atoms. The predicted molar refractivity (Wildman–Crippen MR) is 376 cm³/mol. The molecule has 107 heavy (non-hydrogen) atoms. The Hall–Kier alpha value is -8.55. The van der Waals surface area contributed by atoms with Gasteiger partial charge >= 0.3 is 18.5 Å². The first-order valence-corrected chi connectivity index (χ1v) is 37.5. The second-order valence-electron chi connectivity index (χ2n) is 29.6. The Morgan fingerprint density at radius 2 is 0.916 bits per heavy atom. The van der Waals surface area contributed by atoms with E-state index >= 15 is 0 Å². The number of hydrogen-bond acceptors (Lipinski definition) is 14. The Morgan fingerprint density at radius 3 is 1.34 bits per heavy atom. The van der Waals surface area contributed by atoms with E-state index in [4.69, 9.17) is 14.2 Å². The molecule has 4 fully saturated rings. The standard InChI is InChI=1S/C26H29F4N3O3.C25H30F3N3O4S.C25H30F3N3O4.H2/c1-24(2)15-33-19(22(34)26(28,29)30)6-8-21(33)25(31-24)9-11-32(12-10-25)23(35)17-5-7-20(18(27)13-17)36-14-16-3-4-16;1-16(2)36(34,35)20-7-5-18(15-17(20)3)23(33)30-11-9-24(10-12-30)21-8-6-19(22(32)25(26,27)28)31(21)14-13-29(24)4;1-4-34-19-8-6-17(16-20(19)35-5-2)23(33)30-12-10-24(11-13-30)21-9-7-18(22(32)25(26,27)28)31(21)15-14-29(24)3;/h5-8,13,16,31H,3-4,9-12,14-15H2,1-2H3;5-8,15-16H,9-14H2,1-4H3;6-9,16H,4-5,10-15H2,1-3H3;1H. The number of ether oxygens (including phenoxy) is 3. The summed E-state index contributed by atoms with van der Waals surface area (Å²) in [5.41, 5.74) is 0.179. The first-order chi connectivity index (χ1) is 50.2. The number of piperidine rings is 3. The van der Waals surface area contributed by atoms with Gasteiger partial charge in [-0.25, -0.2) is 12.8 Å². The van der Waals surface area contributed by atoms with Crippen LogP contribution in [0.15, 0.2) is 95.9 Å². The van der Waals surface area contributed by atoms with Gasteiger partial charge in [-0.05, 0) is 216 Å². The van der Waals surface area contributed by atoms with Gasteiger partial charge in [0.05, 0.1) is 63.7 Å². The SMILES string of the molecule is CC1(C)Cn2c(C(=O)C(F)(F)F)ccc2C2(CCN(C(=O)c3ccc(OCC4CC4)c(F)c3)CC2)N1.CCOc1ccc(C(=O)N2CCC3(CC2)c2ccc(C(=O)C(F)(F)F)n2CCN3C)cc1OCC.Cc1cc(C(=O)N2CCC3(CC2)c2ccc(C(=O)C(F)(F)F)n2CCN3C)ccc1S(=O)(=O)C(C)C.[HH]. The number of Topliss-reactive ketones (excluding diaryl/α,β-unsaturated/α-hetero) is 3. The number of carbonyl (C=O) groups excluding carboxylic acids is 6. The molecule has 7 aliphatic rings. The van der Waals surface area contributed by atoms with Crippen LogP contribution in [0.25, 0.3) is 0 Å². The number of likely N-dealkylation sites (tertiary alicyclic amines) is 3. The fourth-order valence-electron chi connectivity index (χ4n) is 16.0. The lowest BCUT2D eigenvalue weighted by Gasteiger charge is -2.51. The number of carbonyl (C=O) groups is 6. The summed E-state index contributed by atoms with van der Waals surface area (Å²) in [7, 11) is 0.389. The number of rotatable bonds is 15. The summed E-state index contributed by atoms with van der Waals surface area (Å²) in [4.78, 5) is 85.1. The zero-order valence-corrected chi connectivity index (χ0v) is 61.9. The van der Waals surface area contributed by atoms with E-state index in [1.54, 1.807) is 84.0 Å². The van der Waals surface area contributed by atoms with Gasteiger partial charge in [0.1, 0.15) is 0 Å². The van der Waals surface area contributed by atoms with Crippen LogP contribution in [-0.4, -0.2) is 197 Å². The van der Waals surface area contributed by atoms with E-state index in [0.29, 0.717) is 168 Å². The molecule has 0 unspecified atom stereocenters. The molecule has 0 radical (unpaired) electrons. The molecule has 3 amide bonds. The molecule has 1 aliphatic carbocycles. The van der Waals surface area contributed by atoms with E-state index in [1.165, 1.54) is 56.2 Å². The lowest BCUT2D eigenvalue weighted by Crippen LogP contribution is -2.63. The molecule has 6 aliphatic heterocycles. The molecule has 6 aromatic rings. The summed E-state index contributed by atoms with van der Waals surface area (Å²) in [5, 5.41) is 3.00. The van der Waals surface area contributed by atoms with Crippen molar-refractivity contribution in [3.05, 3.63) is 153 Å². The van der Waals surface area contributed by atoms with Crippen molar-refractivity contribution in [2.45, 2.75) is 170 Å². The predicted octanol–water partition coefficient (Wildman–Crippen LogP) is 12.8. The van der Waals surface area contributed by atoms with Gasteiger partial charge in [0.25, 0.3) is 35.1 Å². The summed E-state index contributed by atoms with van der Waals surface area (Å²) in [6, 6.07) is 22.5. The van der Waals surface area contributed by atoms with Gasteiger partial charge in [0.15, 0.2) is 32.9 Å². The van der Waals surface area contributed by atoms with Crippen molar-refractivity contribution in [2.24, 2.45) is 5.92 Å². The first kappa shape index (κ1) is 79.5. The van der Waals surface area contributed by atoms with E-state index in [0.717, 1.165) is 12.8 Å². The molecule has 0 atom stereocenters. The highest BCUT2D eigenvalue weighted by molar-refractivity contribution is 7.92. The van der Waals surface area contributed by atoms with Gasteiger partial charge in [0, 0.05) is 113 Å². The van der Waals surface area contributed by atoms with Gasteiger partial charge < -0.3 is 42.6 Å². The molecule has 3 spiro atoms. The zero-order chi connectivity index (χ0) is 77.9. The molecule has 13 rings (SSSR count). The minimum atomic E-state index is -4.96. The van der Waals surface area contributed by atoms with E-state index in [9.17, 15) is 81.1 Å². The van der Waals surface area contributed by atoms with Crippen molar-refractivity contribution in [1.82, 2.24) is 43.5 Å². The molecular weight excluding hydrogens is 1440 g/mol. The zero-order valence-electron chi connectivity index (χ0n) is 61.1. The number of hydrogen-bond donors (Lipinski definition) is 1. The Morgan fingerprint density at radius 1 is 0.514 bits per heavy atom. The monoisotopic (exact) mass is 1530 g/mol. The average Bonchev–Trinajstić information content (AvgIpc) is 1.52. The number of alkyl halides is 9.